The van der Waals surface area contributed by atoms with Crippen LogP contribution in [0.4, 0.5) is 0 Å². The lowest BCUT2D eigenvalue weighted by atomic mass is 9.92. The van der Waals surface area contributed by atoms with Crippen LogP contribution >= 0.6 is 0 Å². The molecule has 16 heavy (non-hydrogen) atoms. The van der Waals surface area contributed by atoms with Crippen LogP contribution in [0.25, 0.3) is 10.4 Å². The average Bonchev–Trinajstić information content (AvgIpc) is 2.92. The molecule has 0 radical (unpaired) electrons. The van der Waals surface area contributed by atoms with E-state index in [9.17, 15) is 0 Å². The van der Waals surface area contributed by atoms with Crippen LogP contribution in [0.2, 0.25) is 0 Å². The molecule has 3 aliphatic rings. The molecule has 3 rings (SSSR count). The van der Waals surface area contributed by atoms with Gasteiger partial charge in [0.05, 0.1) is 19.8 Å². The van der Waals surface area contributed by atoms with Crippen molar-refractivity contribution in [1.29, 1.82) is 0 Å². The molecule has 0 N–H and O–H groups in total. The molecular formula is C10H16N4O2. The lowest BCUT2D eigenvalue weighted by Gasteiger charge is -2.29. The molecule has 0 bridgehead atoms. The summed E-state index contributed by atoms with van der Waals surface area (Å²) in [5, 5.41) is 3.77. The van der Waals surface area contributed by atoms with Crippen molar-refractivity contribution in [2.45, 2.75) is 30.6 Å². The number of hydrogen-bond acceptors (Lipinski definition) is 4. The van der Waals surface area contributed by atoms with Crippen LogP contribution in [-0.2, 0) is 9.47 Å². The molecule has 6 nitrogen and oxygen atoms in total. The van der Waals surface area contributed by atoms with E-state index in [1.54, 1.807) is 0 Å². The molecule has 0 aromatic carbocycles. The smallest absolute Gasteiger partial charge is 0.182 e. The lowest BCUT2D eigenvalue weighted by Crippen LogP contribution is -2.40. The topological polar surface area (TPSA) is 70.5 Å². The van der Waals surface area contributed by atoms with Crippen LogP contribution in [0.15, 0.2) is 5.11 Å². The van der Waals surface area contributed by atoms with Gasteiger partial charge in [0.25, 0.3) is 0 Å². The van der Waals surface area contributed by atoms with E-state index in [1.165, 1.54) is 6.42 Å². The van der Waals surface area contributed by atoms with Gasteiger partial charge in [-0.05, 0) is 24.9 Å². The third-order valence-electron chi connectivity index (χ3n) is 4.01. The molecule has 1 atom stereocenters. The zero-order chi connectivity index (χ0) is 11.1. The van der Waals surface area contributed by atoms with Crippen LogP contribution in [-0.4, -0.2) is 49.1 Å². The summed E-state index contributed by atoms with van der Waals surface area (Å²) in [4.78, 5) is 5.27. The largest absolute Gasteiger partial charge is 0.346 e. The van der Waals surface area contributed by atoms with E-state index >= 15 is 0 Å². The Morgan fingerprint density at radius 3 is 2.94 bits per heavy atom. The van der Waals surface area contributed by atoms with Crippen molar-refractivity contribution in [2.75, 3.05) is 32.8 Å². The first-order valence-electron chi connectivity index (χ1n) is 5.83. The second-order valence-corrected chi connectivity index (χ2v) is 4.92. The van der Waals surface area contributed by atoms with E-state index in [0.29, 0.717) is 19.8 Å². The van der Waals surface area contributed by atoms with Gasteiger partial charge in [-0.3, -0.25) is 4.90 Å². The van der Waals surface area contributed by atoms with Crippen molar-refractivity contribution in [3.05, 3.63) is 10.4 Å². The molecule has 0 aromatic heterocycles. The third kappa shape index (κ3) is 1.42. The fourth-order valence-corrected chi connectivity index (χ4v) is 3.38. The molecule has 3 fully saturated rings. The van der Waals surface area contributed by atoms with Gasteiger partial charge in [-0.2, -0.15) is 0 Å². The number of fused-ring (bicyclic) bond motifs is 1. The second kappa shape index (κ2) is 3.60. The predicted molar refractivity (Wildman–Crippen MR) is 56.8 cm³/mol. The Morgan fingerprint density at radius 1 is 1.38 bits per heavy atom. The van der Waals surface area contributed by atoms with Crippen molar-refractivity contribution < 1.29 is 9.47 Å². The molecule has 6 heteroatoms. The van der Waals surface area contributed by atoms with Crippen LogP contribution in [0.1, 0.15) is 19.3 Å². The fraction of sp³-hybridized carbons (Fsp3) is 1.00. The number of azide groups is 1. The van der Waals surface area contributed by atoms with Crippen LogP contribution in [0.5, 0.6) is 0 Å². The summed E-state index contributed by atoms with van der Waals surface area (Å²) in [6, 6.07) is 0. The van der Waals surface area contributed by atoms with Gasteiger partial charge < -0.3 is 9.47 Å². The van der Waals surface area contributed by atoms with Gasteiger partial charge in [-0.25, -0.2) is 0 Å². The van der Waals surface area contributed by atoms with E-state index in [0.717, 1.165) is 25.9 Å². The molecular weight excluding hydrogens is 208 g/mol. The number of rotatable bonds is 2. The predicted octanol–water partition coefficient (Wildman–Crippen LogP) is 1.28. The first-order valence-corrected chi connectivity index (χ1v) is 5.83. The normalized spacial score (nSPS) is 36.5. The zero-order valence-electron chi connectivity index (χ0n) is 9.26. The monoisotopic (exact) mass is 224 g/mol. The maximum Gasteiger partial charge on any atom is 0.182 e. The molecule has 0 saturated carbocycles. The minimum atomic E-state index is -0.411. The van der Waals surface area contributed by atoms with E-state index in [4.69, 9.17) is 15.0 Å². The van der Waals surface area contributed by atoms with Gasteiger partial charge in [0.1, 0.15) is 0 Å². The molecule has 88 valence electrons. The summed E-state index contributed by atoms with van der Waals surface area (Å²) in [6.45, 7) is 3.80. The van der Waals surface area contributed by atoms with Crippen LogP contribution in [0, 0.1) is 0 Å². The quantitative estimate of drug-likeness (QED) is 0.403. The molecule has 1 unspecified atom stereocenters. The Morgan fingerprint density at radius 2 is 2.19 bits per heavy atom. The first kappa shape index (κ1) is 10.4. The Bertz CT molecular complexity index is 336. The lowest BCUT2D eigenvalue weighted by molar-refractivity contribution is -0.147. The Kier molecular flexibility index (Phi) is 2.33. The zero-order valence-corrected chi connectivity index (χ0v) is 9.26. The molecule has 1 spiro atoms. The first-order chi connectivity index (χ1) is 7.79. The molecule has 3 heterocycles. The minimum Gasteiger partial charge on any atom is -0.346 e. The van der Waals surface area contributed by atoms with Crippen LogP contribution in [0.3, 0.4) is 0 Å². The summed E-state index contributed by atoms with van der Waals surface area (Å²) in [6.07, 6.45) is 3.11. The number of hydrogen-bond donors (Lipinski definition) is 0. The molecule has 3 aliphatic heterocycles. The summed E-state index contributed by atoms with van der Waals surface area (Å²) in [5.41, 5.74) is 8.47. The molecule has 0 amide bonds. The maximum absolute atomic E-state index is 8.48. The van der Waals surface area contributed by atoms with E-state index in [2.05, 4.69) is 14.9 Å². The molecule has 0 aliphatic carbocycles. The highest BCUT2D eigenvalue weighted by atomic mass is 16.7. The van der Waals surface area contributed by atoms with E-state index in [1.807, 2.05) is 0 Å². The molecule has 3 saturated heterocycles. The highest BCUT2D eigenvalue weighted by Gasteiger charge is 2.57. The highest BCUT2D eigenvalue weighted by Crippen LogP contribution is 2.46. The van der Waals surface area contributed by atoms with E-state index < -0.39 is 5.79 Å². The van der Waals surface area contributed by atoms with Gasteiger partial charge in [-0.1, -0.05) is 5.11 Å². The van der Waals surface area contributed by atoms with Crippen LogP contribution < -0.4 is 0 Å². The van der Waals surface area contributed by atoms with Gasteiger partial charge in [0, 0.05) is 23.4 Å². The van der Waals surface area contributed by atoms with Crippen molar-refractivity contribution >= 4 is 0 Å². The Hall–Kier alpha value is -0.810. The third-order valence-corrected chi connectivity index (χ3v) is 4.01. The van der Waals surface area contributed by atoms with Gasteiger partial charge >= 0.3 is 0 Å². The number of nitrogens with zero attached hydrogens (tertiary/aromatic N) is 4. The number of ether oxygens (including phenoxy) is 2. The Balaban J connectivity index is 1.83. The minimum absolute atomic E-state index is 0.00340. The van der Waals surface area contributed by atoms with Crippen molar-refractivity contribution in [2.24, 2.45) is 5.11 Å². The highest BCUT2D eigenvalue weighted by molar-refractivity contribution is 5.09. The summed E-state index contributed by atoms with van der Waals surface area (Å²) in [5.74, 6) is -0.411. The van der Waals surface area contributed by atoms with Crippen molar-refractivity contribution in [1.82, 2.24) is 4.90 Å². The Labute approximate surface area is 94.1 Å². The second-order valence-electron chi connectivity index (χ2n) is 4.92. The van der Waals surface area contributed by atoms with Crippen molar-refractivity contribution in [3.63, 3.8) is 0 Å². The van der Waals surface area contributed by atoms with E-state index in [-0.39, 0.29) is 5.54 Å². The summed E-state index contributed by atoms with van der Waals surface area (Å²) in [7, 11) is 0. The summed E-state index contributed by atoms with van der Waals surface area (Å²) < 4.78 is 11.5. The fourth-order valence-electron chi connectivity index (χ4n) is 3.38. The van der Waals surface area contributed by atoms with Gasteiger partial charge in [0.15, 0.2) is 5.79 Å². The van der Waals surface area contributed by atoms with Gasteiger partial charge in [0.2, 0.25) is 0 Å². The standard InChI is InChI=1S/C10H16N4O2/c11-13-12-7-9-2-1-3-14(9)8-10(6-9)15-4-5-16-10/h1-8H2. The average molecular weight is 224 g/mol. The summed E-state index contributed by atoms with van der Waals surface area (Å²) >= 11 is 0. The van der Waals surface area contributed by atoms with Crippen molar-refractivity contribution in [3.8, 4) is 0 Å². The maximum atomic E-state index is 8.48. The van der Waals surface area contributed by atoms with Gasteiger partial charge in [-0.15, -0.1) is 0 Å². The molecule has 0 aromatic rings. The SMILES string of the molecule is [N-]=[N+]=NCC12CCCN1CC1(C2)OCCO1.